The first-order valence-electron chi connectivity index (χ1n) is 7.63. The highest BCUT2D eigenvalue weighted by molar-refractivity contribution is 8.00. The number of anilines is 1. The highest BCUT2D eigenvalue weighted by Gasteiger charge is 2.20. The van der Waals surface area contributed by atoms with Gasteiger partial charge in [-0.1, -0.05) is 17.8 Å². The number of carbonyl (C=O) groups excluding carboxylic acids is 1. The highest BCUT2D eigenvalue weighted by Crippen LogP contribution is 2.25. The largest absolute Gasteiger partial charge is 0.335 e. The third kappa shape index (κ3) is 3.99. The van der Waals surface area contributed by atoms with Gasteiger partial charge in [-0.2, -0.15) is 0 Å². The molecule has 3 N–H and O–H groups in total. The summed E-state index contributed by atoms with van der Waals surface area (Å²) in [5.41, 5.74) is 0.966. The van der Waals surface area contributed by atoms with Crippen molar-refractivity contribution in [3.05, 3.63) is 60.2 Å². The normalized spacial score (nSPS) is 12.0. The summed E-state index contributed by atoms with van der Waals surface area (Å²) in [6, 6.07) is 11.3. The van der Waals surface area contributed by atoms with Gasteiger partial charge in [0.1, 0.15) is 11.6 Å². The fourth-order valence-corrected chi connectivity index (χ4v) is 2.95. The molecular weight excluding hydrogens is 360 g/mol. The molecule has 0 saturated heterocycles. The predicted molar refractivity (Wildman–Crippen MR) is 95.9 cm³/mol. The van der Waals surface area contributed by atoms with E-state index in [1.165, 1.54) is 47.1 Å². The fraction of sp³-hybridized carbons (Fsp3) is 0.118. The van der Waals surface area contributed by atoms with E-state index in [1.54, 1.807) is 13.0 Å². The topological polar surface area (TPSA) is 85.8 Å². The SMILES string of the molecule is C[C@H](Sc1nnc(-c2ccc(F)cc2)n1N)C(=O)Nc1cccc(F)c1. The van der Waals surface area contributed by atoms with E-state index in [9.17, 15) is 13.6 Å². The Balaban J connectivity index is 1.70. The van der Waals surface area contributed by atoms with Gasteiger partial charge in [0.15, 0.2) is 5.82 Å². The van der Waals surface area contributed by atoms with Crippen LogP contribution in [0, 0.1) is 11.6 Å². The van der Waals surface area contributed by atoms with Crippen molar-refractivity contribution in [2.45, 2.75) is 17.3 Å². The van der Waals surface area contributed by atoms with Crippen LogP contribution >= 0.6 is 11.8 Å². The van der Waals surface area contributed by atoms with Crippen LogP contribution in [0.25, 0.3) is 11.4 Å². The number of nitrogens with zero attached hydrogens (tertiary/aromatic N) is 3. The number of aromatic nitrogens is 3. The molecule has 9 heteroatoms. The molecule has 0 radical (unpaired) electrons. The standard InChI is InChI=1S/C17H15F2N5OS/c1-10(16(25)21-14-4-2-3-13(19)9-14)26-17-23-22-15(24(17)20)11-5-7-12(18)8-6-11/h2-10H,20H2,1H3,(H,21,25)/t10-/m0/s1. The number of amides is 1. The molecule has 3 aromatic rings. The quantitative estimate of drug-likeness (QED) is 0.529. The Bertz CT molecular complexity index is 929. The van der Waals surface area contributed by atoms with E-state index in [0.717, 1.165) is 11.8 Å². The number of nitrogen functional groups attached to an aromatic ring is 1. The molecule has 0 aliphatic carbocycles. The molecular formula is C17H15F2N5OS. The average Bonchev–Trinajstić information content (AvgIpc) is 2.96. The number of thioether (sulfide) groups is 1. The number of hydrogen-bond donors (Lipinski definition) is 2. The summed E-state index contributed by atoms with van der Waals surface area (Å²) in [7, 11) is 0. The van der Waals surface area contributed by atoms with Gasteiger partial charge in [-0.3, -0.25) is 4.79 Å². The van der Waals surface area contributed by atoms with Gasteiger partial charge < -0.3 is 11.2 Å². The van der Waals surface area contributed by atoms with Crippen molar-refractivity contribution in [3.63, 3.8) is 0 Å². The average molecular weight is 375 g/mol. The molecule has 0 saturated carbocycles. The maximum atomic E-state index is 13.2. The van der Waals surface area contributed by atoms with E-state index in [1.807, 2.05) is 0 Å². The molecule has 1 heterocycles. The lowest BCUT2D eigenvalue weighted by molar-refractivity contribution is -0.115. The van der Waals surface area contributed by atoms with Crippen LogP contribution in [0.2, 0.25) is 0 Å². The lowest BCUT2D eigenvalue weighted by atomic mass is 10.2. The number of nitrogens with one attached hydrogen (secondary N) is 1. The lowest BCUT2D eigenvalue weighted by Gasteiger charge is -2.11. The summed E-state index contributed by atoms with van der Waals surface area (Å²) < 4.78 is 27.5. The van der Waals surface area contributed by atoms with Crippen LogP contribution in [0.5, 0.6) is 0 Å². The monoisotopic (exact) mass is 375 g/mol. The van der Waals surface area contributed by atoms with Crippen LogP contribution in [0.4, 0.5) is 14.5 Å². The van der Waals surface area contributed by atoms with E-state index in [4.69, 9.17) is 5.84 Å². The van der Waals surface area contributed by atoms with Crippen molar-refractivity contribution >= 4 is 23.4 Å². The molecule has 0 unspecified atom stereocenters. The van der Waals surface area contributed by atoms with Gasteiger partial charge in [-0.25, -0.2) is 13.5 Å². The summed E-state index contributed by atoms with van der Waals surface area (Å²) in [6.07, 6.45) is 0. The maximum Gasteiger partial charge on any atom is 0.237 e. The molecule has 0 aliphatic rings. The summed E-state index contributed by atoms with van der Waals surface area (Å²) >= 11 is 1.10. The van der Waals surface area contributed by atoms with Crippen LogP contribution in [-0.4, -0.2) is 26.0 Å². The second-order valence-corrected chi connectivity index (χ2v) is 6.75. The van der Waals surface area contributed by atoms with E-state index in [-0.39, 0.29) is 11.7 Å². The van der Waals surface area contributed by atoms with Gasteiger partial charge in [-0.05, 0) is 49.4 Å². The summed E-state index contributed by atoms with van der Waals surface area (Å²) in [4.78, 5) is 12.3. The Morgan fingerprint density at radius 2 is 1.88 bits per heavy atom. The van der Waals surface area contributed by atoms with Crippen molar-refractivity contribution in [2.75, 3.05) is 11.2 Å². The van der Waals surface area contributed by atoms with Crippen LogP contribution in [0.15, 0.2) is 53.7 Å². The number of halogens is 2. The summed E-state index contributed by atoms with van der Waals surface area (Å²) in [5.74, 6) is 5.21. The van der Waals surface area contributed by atoms with Crippen molar-refractivity contribution in [2.24, 2.45) is 0 Å². The van der Waals surface area contributed by atoms with Gasteiger partial charge in [0.05, 0.1) is 5.25 Å². The van der Waals surface area contributed by atoms with Gasteiger partial charge in [0.25, 0.3) is 0 Å². The molecule has 0 aliphatic heterocycles. The summed E-state index contributed by atoms with van der Waals surface area (Å²) in [6.45, 7) is 1.67. The third-order valence-corrected chi connectivity index (χ3v) is 4.57. The van der Waals surface area contributed by atoms with Crippen molar-refractivity contribution < 1.29 is 13.6 Å². The molecule has 26 heavy (non-hydrogen) atoms. The second-order valence-electron chi connectivity index (χ2n) is 5.44. The van der Waals surface area contributed by atoms with Crippen LogP contribution in [-0.2, 0) is 4.79 Å². The zero-order chi connectivity index (χ0) is 18.7. The minimum atomic E-state index is -0.550. The van der Waals surface area contributed by atoms with Gasteiger partial charge in [0, 0.05) is 11.3 Å². The fourth-order valence-electron chi connectivity index (χ4n) is 2.17. The first kappa shape index (κ1) is 17.9. The number of hydrogen-bond acceptors (Lipinski definition) is 5. The molecule has 1 aromatic heterocycles. The molecule has 6 nitrogen and oxygen atoms in total. The van der Waals surface area contributed by atoms with Gasteiger partial charge >= 0.3 is 0 Å². The smallest absolute Gasteiger partial charge is 0.237 e. The molecule has 134 valence electrons. The van der Waals surface area contributed by atoms with Gasteiger partial charge in [-0.15, -0.1) is 10.2 Å². The number of rotatable bonds is 5. The third-order valence-electron chi connectivity index (χ3n) is 3.51. The van der Waals surface area contributed by atoms with Crippen molar-refractivity contribution in [1.82, 2.24) is 14.9 Å². The second kappa shape index (κ2) is 7.52. The molecule has 0 fully saturated rings. The highest BCUT2D eigenvalue weighted by atomic mass is 32.2. The zero-order valence-electron chi connectivity index (χ0n) is 13.7. The molecule has 0 spiro atoms. The number of carbonyl (C=O) groups is 1. The van der Waals surface area contributed by atoms with Crippen molar-refractivity contribution in [1.29, 1.82) is 0 Å². The zero-order valence-corrected chi connectivity index (χ0v) is 14.5. The number of nitrogens with two attached hydrogens (primary N) is 1. The Morgan fingerprint density at radius 3 is 2.58 bits per heavy atom. The van der Waals surface area contributed by atoms with Gasteiger partial charge in [0.2, 0.25) is 11.1 Å². The minimum absolute atomic E-state index is 0.325. The van der Waals surface area contributed by atoms with Crippen molar-refractivity contribution in [3.8, 4) is 11.4 Å². The van der Waals surface area contributed by atoms with Crippen LogP contribution < -0.4 is 11.2 Å². The molecule has 0 bridgehead atoms. The Kier molecular flexibility index (Phi) is 5.17. The predicted octanol–water partition coefficient (Wildman–Crippen LogP) is 3.06. The van der Waals surface area contributed by atoms with E-state index in [0.29, 0.717) is 22.2 Å². The molecule has 3 rings (SSSR count). The first-order valence-corrected chi connectivity index (χ1v) is 8.51. The molecule has 2 aromatic carbocycles. The summed E-state index contributed by atoms with van der Waals surface area (Å²) in [5, 5.41) is 10.4. The van der Waals surface area contributed by atoms with Crippen LogP contribution in [0.1, 0.15) is 6.92 Å². The lowest BCUT2D eigenvalue weighted by Crippen LogP contribution is -2.23. The van der Waals surface area contributed by atoms with E-state index in [2.05, 4.69) is 15.5 Å². The van der Waals surface area contributed by atoms with E-state index >= 15 is 0 Å². The first-order chi connectivity index (χ1) is 12.4. The number of benzene rings is 2. The van der Waals surface area contributed by atoms with E-state index < -0.39 is 11.1 Å². The Labute approximate surface area is 152 Å². The molecule has 1 atom stereocenters. The molecule has 1 amide bonds. The maximum absolute atomic E-state index is 13.2. The minimum Gasteiger partial charge on any atom is -0.335 e. The Morgan fingerprint density at radius 1 is 1.15 bits per heavy atom. The van der Waals surface area contributed by atoms with Crippen LogP contribution in [0.3, 0.4) is 0 Å². The Hall–Kier alpha value is -2.94.